The minimum atomic E-state index is -0.507. The van der Waals surface area contributed by atoms with Gasteiger partial charge < -0.3 is 0 Å². The van der Waals surface area contributed by atoms with Crippen molar-refractivity contribution in [3.63, 3.8) is 0 Å². The maximum absolute atomic E-state index is 5.16. The molecule has 244 valence electrons. The lowest BCUT2D eigenvalue weighted by atomic mass is 9.69. The molecule has 51 heavy (non-hydrogen) atoms. The minimum absolute atomic E-state index is 0.507. The van der Waals surface area contributed by atoms with Crippen molar-refractivity contribution in [2.45, 2.75) is 19.3 Å². The van der Waals surface area contributed by atoms with Gasteiger partial charge in [-0.2, -0.15) is 0 Å². The second-order valence-electron chi connectivity index (χ2n) is 12.7. The van der Waals surface area contributed by atoms with Crippen LogP contribution in [-0.4, -0.2) is 15.0 Å². The van der Waals surface area contributed by atoms with Crippen LogP contribution in [0.15, 0.2) is 183 Å². The number of nitrogens with zero attached hydrogens (tertiary/aromatic N) is 3. The Kier molecular flexibility index (Phi) is 8.17. The van der Waals surface area contributed by atoms with Gasteiger partial charge in [0.2, 0.25) is 0 Å². The van der Waals surface area contributed by atoms with Gasteiger partial charge in [0.05, 0.1) is 5.41 Å². The molecule has 1 spiro atoms. The fourth-order valence-electron chi connectivity index (χ4n) is 7.83. The van der Waals surface area contributed by atoms with Crippen LogP contribution >= 0.6 is 0 Å². The van der Waals surface area contributed by atoms with E-state index in [1.165, 1.54) is 39.0 Å². The summed E-state index contributed by atoms with van der Waals surface area (Å²) in [4.78, 5) is 15.3. The van der Waals surface area contributed by atoms with Crippen molar-refractivity contribution in [1.82, 2.24) is 15.0 Å². The quantitative estimate of drug-likeness (QED) is 0.153. The Morgan fingerprint density at radius 2 is 1.16 bits per heavy atom. The van der Waals surface area contributed by atoms with Gasteiger partial charge in [-0.3, -0.25) is 0 Å². The van der Waals surface area contributed by atoms with E-state index in [-0.39, 0.29) is 0 Å². The van der Waals surface area contributed by atoms with Gasteiger partial charge in [0, 0.05) is 16.7 Å². The third kappa shape index (κ3) is 5.09. The Balaban J connectivity index is 1.34. The van der Waals surface area contributed by atoms with Crippen molar-refractivity contribution in [3.05, 3.63) is 210 Å². The number of hydrogen-bond donors (Lipinski definition) is 0. The molecule has 2 aliphatic carbocycles. The highest BCUT2D eigenvalue weighted by Gasteiger charge is 2.51. The summed E-state index contributed by atoms with van der Waals surface area (Å²) < 4.78 is 0. The summed E-state index contributed by atoms with van der Waals surface area (Å²) in [6.45, 7) is 12.2. The maximum Gasteiger partial charge on any atom is 0.164 e. The Morgan fingerprint density at radius 1 is 0.588 bits per heavy atom. The van der Waals surface area contributed by atoms with E-state index < -0.39 is 5.41 Å². The van der Waals surface area contributed by atoms with E-state index in [4.69, 9.17) is 15.0 Å². The Morgan fingerprint density at radius 3 is 1.80 bits per heavy atom. The van der Waals surface area contributed by atoms with Crippen LogP contribution in [0.4, 0.5) is 0 Å². The molecular weight excluding hydrogens is 619 g/mol. The topological polar surface area (TPSA) is 38.7 Å². The van der Waals surface area contributed by atoms with Gasteiger partial charge in [-0.15, -0.1) is 0 Å². The van der Waals surface area contributed by atoms with E-state index in [0.29, 0.717) is 17.5 Å². The Hall–Kier alpha value is -6.45. The lowest BCUT2D eigenvalue weighted by molar-refractivity contribution is 0.786. The van der Waals surface area contributed by atoms with E-state index in [2.05, 4.69) is 135 Å². The van der Waals surface area contributed by atoms with Crippen LogP contribution in [0.3, 0.4) is 0 Å². The zero-order chi connectivity index (χ0) is 35.0. The van der Waals surface area contributed by atoms with Crippen molar-refractivity contribution >= 4 is 11.1 Å². The Labute approximate surface area is 300 Å². The van der Waals surface area contributed by atoms with Crippen LogP contribution < -0.4 is 0 Å². The molecule has 2 aliphatic rings. The molecule has 3 heteroatoms. The fourth-order valence-corrected chi connectivity index (χ4v) is 7.83. The van der Waals surface area contributed by atoms with Crippen LogP contribution in [-0.2, 0) is 5.41 Å². The number of aromatic nitrogens is 3. The number of benzene rings is 5. The van der Waals surface area contributed by atoms with Crippen molar-refractivity contribution in [2.75, 3.05) is 0 Å². The summed E-state index contributed by atoms with van der Waals surface area (Å²) in [5, 5.41) is 0. The molecule has 0 N–H and O–H groups in total. The molecule has 1 atom stereocenters. The molecule has 8 rings (SSSR count). The highest BCUT2D eigenvalue weighted by molar-refractivity contribution is 5.98. The van der Waals surface area contributed by atoms with E-state index in [9.17, 15) is 0 Å². The van der Waals surface area contributed by atoms with Gasteiger partial charge in [0.15, 0.2) is 17.5 Å². The molecule has 6 aromatic rings. The summed E-state index contributed by atoms with van der Waals surface area (Å²) in [7, 11) is 0. The van der Waals surface area contributed by atoms with Gasteiger partial charge >= 0.3 is 0 Å². The molecule has 1 aromatic heterocycles. The summed E-state index contributed by atoms with van der Waals surface area (Å²) in [6.07, 6.45) is 14.3. The summed E-state index contributed by atoms with van der Waals surface area (Å²) in [5.74, 6) is 1.89. The Bertz CT molecular complexity index is 2460. The van der Waals surface area contributed by atoms with Crippen LogP contribution in [0.1, 0.15) is 41.7 Å². The average molecular weight is 656 g/mol. The van der Waals surface area contributed by atoms with E-state index >= 15 is 0 Å². The predicted octanol–water partition coefficient (Wildman–Crippen LogP) is 11.9. The highest BCUT2D eigenvalue weighted by Crippen LogP contribution is 2.62. The highest BCUT2D eigenvalue weighted by atomic mass is 15.0. The molecule has 0 fully saturated rings. The largest absolute Gasteiger partial charge is 0.208 e. The molecular formula is C48H37N3. The molecule has 0 aliphatic heterocycles. The summed E-state index contributed by atoms with van der Waals surface area (Å²) in [5.41, 5.74) is 14.4. The van der Waals surface area contributed by atoms with Crippen molar-refractivity contribution < 1.29 is 0 Å². The molecule has 0 saturated carbocycles. The normalized spacial score (nSPS) is 16.2. The lowest BCUT2D eigenvalue weighted by Crippen LogP contribution is -2.26. The van der Waals surface area contributed by atoms with Gasteiger partial charge in [-0.05, 0) is 75.6 Å². The van der Waals surface area contributed by atoms with Crippen LogP contribution in [0, 0.1) is 0 Å². The van der Waals surface area contributed by atoms with E-state index in [1.54, 1.807) is 6.08 Å². The summed E-state index contributed by atoms with van der Waals surface area (Å²) >= 11 is 0. The number of rotatable bonds is 8. The SMILES string of the molecule is C=C/C=C\C(=C/C)c1ccc(-c2nc(-c3ccccc3)nc(-c3ccc4c(c3)C3(C(/C=C\C)=C(C=C)c5ccccc53)c3ccccc3-4)n2)cc1. The second kappa shape index (κ2) is 13.1. The molecule has 5 aromatic carbocycles. The first-order valence-electron chi connectivity index (χ1n) is 17.3. The molecule has 1 heterocycles. The van der Waals surface area contributed by atoms with Crippen molar-refractivity contribution in [2.24, 2.45) is 0 Å². The van der Waals surface area contributed by atoms with E-state index in [1.807, 2.05) is 49.4 Å². The predicted molar refractivity (Wildman–Crippen MR) is 213 cm³/mol. The summed E-state index contributed by atoms with van der Waals surface area (Å²) in [6, 6.07) is 42.8. The fraction of sp³-hybridized carbons (Fsp3) is 0.0625. The molecule has 3 nitrogen and oxygen atoms in total. The number of hydrogen-bond acceptors (Lipinski definition) is 3. The first-order chi connectivity index (χ1) is 25.1. The van der Waals surface area contributed by atoms with Gasteiger partial charge in [0.25, 0.3) is 0 Å². The molecule has 1 unspecified atom stereocenters. The molecule has 0 amide bonds. The number of fused-ring (bicyclic) bond motifs is 7. The maximum atomic E-state index is 5.16. The van der Waals surface area contributed by atoms with Gasteiger partial charge in [0.1, 0.15) is 0 Å². The lowest BCUT2D eigenvalue weighted by Gasteiger charge is -2.31. The minimum Gasteiger partial charge on any atom is -0.208 e. The molecule has 0 saturated heterocycles. The van der Waals surface area contributed by atoms with Crippen molar-refractivity contribution in [3.8, 4) is 45.3 Å². The van der Waals surface area contributed by atoms with Gasteiger partial charge in [-0.1, -0.05) is 171 Å². The zero-order valence-corrected chi connectivity index (χ0v) is 28.8. The number of allylic oxidation sites excluding steroid dienone is 10. The van der Waals surface area contributed by atoms with Crippen molar-refractivity contribution in [1.29, 1.82) is 0 Å². The average Bonchev–Trinajstić information content (AvgIpc) is 3.64. The standard InChI is InChI=1S/C48H37N3/c1-5-9-18-32(7-3)33-25-27-35(28-26-33)46-49-45(34-19-11-10-12-20-34)50-47(51-46)36-29-30-40-39-22-14-16-24-43(39)48(44(40)31-36)41(17-6-2)37(8-4)38-21-13-15-23-42(38)48/h5-31H,1,4H2,2-3H3/b17-6-,18-9-,32-7+. The third-order valence-electron chi connectivity index (χ3n) is 10.0. The zero-order valence-electron chi connectivity index (χ0n) is 28.8. The first-order valence-corrected chi connectivity index (χ1v) is 17.3. The molecule has 0 radical (unpaired) electrons. The second-order valence-corrected chi connectivity index (χ2v) is 12.7. The van der Waals surface area contributed by atoms with Crippen LogP contribution in [0.2, 0.25) is 0 Å². The smallest absolute Gasteiger partial charge is 0.164 e. The first kappa shape index (κ1) is 31.8. The van der Waals surface area contributed by atoms with Crippen LogP contribution in [0.5, 0.6) is 0 Å². The third-order valence-corrected chi connectivity index (χ3v) is 10.0. The monoisotopic (exact) mass is 655 g/mol. The van der Waals surface area contributed by atoms with Crippen LogP contribution in [0.25, 0.3) is 56.4 Å². The van der Waals surface area contributed by atoms with E-state index in [0.717, 1.165) is 33.4 Å². The molecule has 0 bridgehead atoms. The van der Waals surface area contributed by atoms with Gasteiger partial charge in [-0.25, -0.2) is 15.0 Å².